The molecule has 1 aliphatic rings. The van der Waals surface area contributed by atoms with Gasteiger partial charge >= 0.3 is 5.97 Å². The molecule has 4 heteroatoms. The van der Waals surface area contributed by atoms with E-state index >= 15 is 0 Å². The standard InChI is InChI=1S/C11H21NO3/c1-3-12-11(10(13)14)7-4-5-9(11)6-8-15-2/h9,12H,3-8H2,1-2H3,(H,13,14). The highest BCUT2D eigenvalue weighted by Crippen LogP contribution is 2.38. The number of methoxy groups -OCH3 is 1. The van der Waals surface area contributed by atoms with Crippen molar-refractivity contribution in [2.24, 2.45) is 5.92 Å². The molecule has 1 fully saturated rings. The second-order valence-corrected chi connectivity index (χ2v) is 4.18. The third-order valence-corrected chi connectivity index (χ3v) is 3.36. The molecule has 15 heavy (non-hydrogen) atoms. The van der Waals surface area contributed by atoms with E-state index in [4.69, 9.17) is 4.74 Å². The van der Waals surface area contributed by atoms with E-state index in [2.05, 4.69) is 5.32 Å². The Morgan fingerprint density at radius 1 is 1.67 bits per heavy atom. The molecule has 1 aliphatic carbocycles. The number of nitrogens with one attached hydrogen (secondary N) is 1. The van der Waals surface area contributed by atoms with E-state index in [1.807, 2.05) is 6.92 Å². The molecule has 0 aromatic heterocycles. The highest BCUT2D eigenvalue weighted by atomic mass is 16.5. The first-order valence-corrected chi connectivity index (χ1v) is 5.64. The molecule has 1 rings (SSSR count). The zero-order valence-corrected chi connectivity index (χ0v) is 9.58. The highest BCUT2D eigenvalue weighted by Gasteiger charge is 2.48. The van der Waals surface area contributed by atoms with Crippen LogP contribution in [0.5, 0.6) is 0 Å². The van der Waals surface area contributed by atoms with Gasteiger partial charge in [0, 0.05) is 13.7 Å². The fourth-order valence-electron chi connectivity index (χ4n) is 2.63. The molecule has 0 aliphatic heterocycles. The lowest BCUT2D eigenvalue weighted by atomic mass is 9.84. The van der Waals surface area contributed by atoms with Crippen molar-refractivity contribution in [3.8, 4) is 0 Å². The minimum Gasteiger partial charge on any atom is -0.480 e. The zero-order chi connectivity index (χ0) is 11.3. The van der Waals surface area contributed by atoms with E-state index < -0.39 is 11.5 Å². The summed E-state index contributed by atoms with van der Waals surface area (Å²) in [7, 11) is 1.66. The number of rotatable bonds is 6. The van der Waals surface area contributed by atoms with Gasteiger partial charge in [-0.05, 0) is 31.7 Å². The lowest BCUT2D eigenvalue weighted by molar-refractivity contribution is -0.146. The van der Waals surface area contributed by atoms with Gasteiger partial charge < -0.3 is 15.2 Å². The first-order chi connectivity index (χ1) is 7.17. The fraction of sp³-hybridized carbons (Fsp3) is 0.909. The maximum atomic E-state index is 11.4. The van der Waals surface area contributed by atoms with Gasteiger partial charge in [0.05, 0.1) is 0 Å². The number of carboxylic acids is 1. The fourth-order valence-corrected chi connectivity index (χ4v) is 2.63. The quantitative estimate of drug-likeness (QED) is 0.700. The summed E-state index contributed by atoms with van der Waals surface area (Å²) in [6, 6.07) is 0. The van der Waals surface area contributed by atoms with Gasteiger partial charge in [-0.2, -0.15) is 0 Å². The smallest absolute Gasteiger partial charge is 0.324 e. The lowest BCUT2D eigenvalue weighted by Crippen LogP contribution is -2.54. The summed E-state index contributed by atoms with van der Waals surface area (Å²) in [5.41, 5.74) is -0.701. The van der Waals surface area contributed by atoms with Crippen LogP contribution in [-0.4, -0.2) is 36.9 Å². The third kappa shape index (κ3) is 2.49. The summed E-state index contributed by atoms with van der Waals surface area (Å²) in [5, 5.41) is 12.5. The Morgan fingerprint density at radius 3 is 2.93 bits per heavy atom. The average Bonchev–Trinajstić information content (AvgIpc) is 2.60. The number of carbonyl (C=O) groups is 1. The monoisotopic (exact) mass is 215 g/mol. The predicted octanol–water partition coefficient (Wildman–Crippen LogP) is 1.26. The normalized spacial score (nSPS) is 30.7. The van der Waals surface area contributed by atoms with Crippen molar-refractivity contribution in [3.63, 3.8) is 0 Å². The van der Waals surface area contributed by atoms with Gasteiger partial charge in [-0.25, -0.2) is 0 Å². The van der Waals surface area contributed by atoms with Crippen LogP contribution in [-0.2, 0) is 9.53 Å². The number of aliphatic carboxylic acids is 1. The Kier molecular flexibility index (Phi) is 4.54. The van der Waals surface area contributed by atoms with Crippen LogP contribution >= 0.6 is 0 Å². The van der Waals surface area contributed by atoms with Crippen molar-refractivity contribution in [1.82, 2.24) is 5.32 Å². The Morgan fingerprint density at radius 2 is 2.40 bits per heavy atom. The van der Waals surface area contributed by atoms with Crippen LogP contribution in [0.15, 0.2) is 0 Å². The van der Waals surface area contributed by atoms with Gasteiger partial charge in [-0.3, -0.25) is 4.79 Å². The molecule has 0 aromatic rings. The molecular formula is C11H21NO3. The number of likely N-dealkylation sites (N-methyl/N-ethyl adjacent to an activating group) is 1. The van der Waals surface area contributed by atoms with Crippen LogP contribution in [0.25, 0.3) is 0 Å². The minimum absolute atomic E-state index is 0.204. The van der Waals surface area contributed by atoms with Gasteiger partial charge in [0.25, 0.3) is 0 Å². The van der Waals surface area contributed by atoms with Crippen LogP contribution in [0.1, 0.15) is 32.6 Å². The van der Waals surface area contributed by atoms with Crippen molar-refractivity contribution in [3.05, 3.63) is 0 Å². The lowest BCUT2D eigenvalue weighted by Gasteiger charge is -2.32. The van der Waals surface area contributed by atoms with E-state index in [0.29, 0.717) is 13.2 Å². The molecular weight excluding hydrogens is 194 g/mol. The van der Waals surface area contributed by atoms with Crippen molar-refractivity contribution < 1.29 is 14.6 Å². The Balaban J connectivity index is 2.70. The van der Waals surface area contributed by atoms with E-state index in [-0.39, 0.29) is 5.92 Å². The van der Waals surface area contributed by atoms with E-state index in [0.717, 1.165) is 25.7 Å². The molecule has 2 atom stereocenters. The highest BCUT2D eigenvalue weighted by molar-refractivity contribution is 5.79. The first-order valence-electron chi connectivity index (χ1n) is 5.64. The summed E-state index contributed by atoms with van der Waals surface area (Å²) < 4.78 is 5.03. The summed E-state index contributed by atoms with van der Waals surface area (Å²) in [4.78, 5) is 11.4. The van der Waals surface area contributed by atoms with Crippen molar-refractivity contribution in [2.45, 2.75) is 38.1 Å². The number of hydrogen-bond donors (Lipinski definition) is 2. The van der Waals surface area contributed by atoms with Gasteiger partial charge in [0.2, 0.25) is 0 Å². The molecule has 0 spiro atoms. The van der Waals surface area contributed by atoms with Crippen LogP contribution in [0.4, 0.5) is 0 Å². The van der Waals surface area contributed by atoms with Gasteiger partial charge in [-0.15, -0.1) is 0 Å². The Bertz CT molecular complexity index is 220. The SMILES string of the molecule is CCNC1(C(=O)O)CCCC1CCOC. The van der Waals surface area contributed by atoms with Crippen LogP contribution in [0.3, 0.4) is 0 Å². The molecule has 0 amide bonds. The van der Waals surface area contributed by atoms with Crippen LogP contribution in [0.2, 0.25) is 0 Å². The van der Waals surface area contributed by atoms with Crippen LogP contribution < -0.4 is 5.32 Å². The molecule has 0 bridgehead atoms. The molecule has 0 aromatic carbocycles. The second-order valence-electron chi connectivity index (χ2n) is 4.18. The first kappa shape index (κ1) is 12.5. The van der Waals surface area contributed by atoms with E-state index in [1.54, 1.807) is 7.11 Å². The number of carboxylic acid groups (broad SMARTS) is 1. The summed E-state index contributed by atoms with van der Waals surface area (Å²) >= 11 is 0. The molecule has 1 saturated carbocycles. The molecule has 2 N–H and O–H groups in total. The average molecular weight is 215 g/mol. The maximum absolute atomic E-state index is 11.4. The Labute approximate surface area is 91.0 Å². The summed E-state index contributed by atoms with van der Waals surface area (Å²) in [5.74, 6) is -0.502. The van der Waals surface area contributed by atoms with E-state index in [9.17, 15) is 9.90 Å². The maximum Gasteiger partial charge on any atom is 0.324 e. The summed E-state index contributed by atoms with van der Waals surface area (Å²) in [6.07, 6.45) is 3.55. The molecule has 2 unspecified atom stereocenters. The number of ether oxygens (including phenoxy) is 1. The Hall–Kier alpha value is -0.610. The van der Waals surface area contributed by atoms with Crippen molar-refractivity contribution in [1.29, 1.82) is 0 Å². The largest absolute Gasteiger partial charge is 0.480 e. The second kappa shape index (κ2) is 5.47. The minimum atomic E-state index is -0.706. The zero-order valence-electron chi connectivity index (χ0n) is 9.58. The summed E-state index contributed by atoms with van der Waals surface area (Å²) in [6.45, 7) is 3.30. The molecule has 0 heterocycles. The molecule has 4 nitrogen and oxygen atoms in total. The van der Waals surface area contributed by atoms with Crippen LogP contribution in [0, 0.1) is 5.92 Å². The van der Waals surface area contributed by atoms with Crippen molar-refractivity contribution in [2.75, 3.05) is 20.3 Å². The molecule has 88 valence electrons. The van der Waals surface area contributed by atoms with Crippen molar-refractivity contribution >= 4 is 5.97 Å². The topological polar surface area (TPSA) is 58.6 Å². The van der Waals surface area contributed by atoms with Gasteiger partial charge in [-0.1, -0.05) is 13.3 Å². The predicted molar refractivity (Wildman–Crippen MR) is 57.9 cm³/mol. The molecule has 0 radical (unpaired) electrons. The van der Waals surface area contributed by atoms with E-state index in [1.165, 1.54) is 0 Å². The van der Waals surface area contributed by atoms with Gasteiger partial charge in [0.15, 0.2) is 0 Å². The third-order valence-electron chi connectivity index (χ3n) is 3.36. The number of hydrogen-bond acceptors (Lipinski definition) is 3. The molecule has 0 saturated heterocycles. The van der Waals surface area contributed by atoms with Gasteiger partial charge in [0.1, 0.15) is 5.54 Å².